The standard InChI is InChI=1S/C86H100ClN13O19/c1-56(2)79(95-75(104)32-39-113-43-45-116-47-48-117-46-44-114-40-34-89-74(103)30-31-76(105)99-51-62-14-6-5-12-59(62)20-21-60-13-7-8-17-70(60)99)82(108)94-68(16-10-33-90-84(88)110)81(107)91-64-24-18-58(19-25-64)55-118-85(111)96(4)35-36-97(37-41-115-42-38-101)86(112)119-72-49-71-78(77-57(3)11-9-15-67(72)77)63(50-87)52-100(71)83(109)69-54-98-53-65(26-29-73(98)93-69)92-80(106)61-22-27-66(102)28-23-61/h5-9,11-15,17-19,22-29,49,53-54,56,63,68,79,101-102H,10,16,30-48,50-52,55H2,1-4H3,(H,89,103)(H,91,107)(H,92,106)(H,94,108)(H,95,104)(H3,88,90,110)/t63?,68?,79-/m0/s1. The minimum Gasteiger partial charge on any atom is -0.508 e. The Bertz CT molecular complexity index is 4940. The monoisotopic (exact) mass is 1650 g/mol. The Morgan fingerprint density at radius 1 is 0.655 bits per heavy atom. The van der Waals surface area contributed by atoms with Crippen LogP contribution < -0.4 is 52.2 Å². The molecule has 0 fully saturated rings. The largest absolute Gasteiger partial charge is 0.508 e. The number of primary amides is 1. The van der Waals surface area contributed by atoms with Crippen molar-refractivity contribution >= 4 is 110 Å². The number of imidazole rings is 1. The van der Waals surface area contributed by atoms with E-state index in [1.165, 1.54) is 41.1 Å². The van der Waals surface area contributed by atoms with Crippen molar-refractivity contribution in [2.24, 2.45) is 11.7 Å². The summed E-state index contributed by atoms with van der Waals surface area (Å²) in [7, 11) is 1.49. The smallest absolute Gasteiger partial charge is 0.415 e. The van der Waals surface area contributed by atoms with Crippen molar-refractivity contribution in [3.63, 3.8) is 0 Å². The number of phenols is 1. The lowest BCUT2D eigenvalue weighted by Gasteiger charge is -2.26. The first-order valence-electron chi connectivity index (χ1n) is 39.2. The third-order valence-electron chi connectivity index (χ3n) is 19.5. The van der Waals surface area contributed by atoms with Crippen molar-refractivity contribution in [3.05, 3.63) is 190 Å². The fraction of sp³-hybridized carbons (Fsp3) is 0.384. The average molecular weight is 1660 g/mol. The number of para-hydroxylation sites is 1. The molecule has 2 aromatic heterocycles. The summed E-state index contributed by atoms with van der Waals surface area (Å²) in [5.41, 5.74) is 12.8. The van der Waals surface area contributed by atoms with Crippen LogP contribution in [0.25, 0.3) is 16.4 Å². The maximum absolute atomic E-state index is 14.7. The number of phenolic OH excluding ortho intramolecular Hbond substituents is 1. The van der Waals surface area contributed by atoms with E-state index in [1.54, 1.807) is 82.9 Å². The van der Waals surface area contributed by atoms with Crippen LogP contribution in [0.1, 0.15) is 106 Å². The number of nitrogens with one attached hydrogen (secondary N) is 6. The van der Waals surface area contributed by atoms with Crippen molar-refractivity contribution in [1.82, 2.24) is 40.5 Å². The number of aliphatic hydroxyl groups is 1. The van der Waals surface area contributed by atoms with Gasteiger partial charge in [-0.25, -0.2) is 19.4 Å². The van der Waals surface area contributed by atoms with E-state index in [-0.39, 0.29) is 185 Å². The number of amides is 11. The summed E-state index contributed by atoms with van der Waals surface area (Å²) in [6.45, 7) is 7.59. The summed E-state index contributed by atoms with van der Waals surface area (Å²) in [4.78, 5) is 145. The molecule has 10 rings (SSSR count). The van der Waals surface area contributed by atoms with Crippen LogP contribution in [-0.2, 0) is 65.5 Å². The van der Waals surface area contributed by atoms with Gasteiger partial charge in [0.2, 0.25) is 29.5 Å². The number of halogens is 1. The number of likely N-dealkylation sites (N-methyl/N-ethyl adjacent to an activating group) is 1. The highest BCUT2D eigenvalue weighted by Crippen LogP contribution is 2.47. The molecule has 2 aliphatic heterocycles. The van der Waals surface area contributed by atoms with Gasteiger partial charge in [-0.2, -0.15) is 0 Å². The summed E-state index contributed by atoms with van der Waals surface area (Å²) in [5, 5.41) is 36.9. The van der Waals surface area contributed by atoms with Crippen molar-refractivity contribution in [3.8, 4) is 23.3 Å². The SMILES string of the molecule is Cc1cccc2c(OC(=O)N(CCOCCO)CCN(C)C(=O)OCc3ccc(NC(=O)C(CCCNC(N)=O)NC(=O)[C@@H](NC(=O)CCOCCOCCOCCOCCNC(=O)CCC(=O)N4Cc5ccccc5C#Cc5ccccc54)C(C)C)cc3)cc3c(c12)C(CCl)CN3C(=O)c1cn2cc(NC(=O)c3ccc(O)cc3)ccc2n1. The number of ether oxygens (including phenoxy) is 7. The number of benzene rings is 6. The van der Waals surface area contributed by atoms with E-state index in [2.05, 4.69) is 48.7 Å². The van der Waals surface area contributed by atoms with E-state index in [9.17, 15) is 58.2 Å². The quantitative estimate of drug-likeness (QED) is 0.00988. The molecular formula is C86H100ClN13O19. The van der Waals surface area contributed by atoms with Crippen molar-refractivity contribution in [2.45, 2.75) is 84.0 Å². The summed E-state index contributed by atoms with van der Waals surface area (Å²) in [6, 6.07) is 34.9. The van der Waals surface area contributed by atoms with Gasteiger partial charge < -0.3 is 105 Å². The number of aromatic nitrogens is 2. The van der Waals surface area contributed by atoms with Crippen LogP contribution in [0.2, 0.25) is 0 Å². The van der Waals surface area contributed by atoms with Crippen LogP contribution in [0.4, 0.5) is 37.1 Å². The van der Waals surface area contributed by atoms with Gasteiger partial charge >= 0.3 is 18.2 Å². The predicted octanol–water partition coefficient (Wildman–Crippen LogP) is 8.13. The Balaban J connectivity index is 0.630. The summed E-state index contributed by atoms with van der Waals surface area (Å²) >= 11 is 6.67. The number of aliphatic hydroxyl groups excluding tert-OH is 1. The number of nitrogens with two attached hydrogens (primary N) is 1. The fourth-order valence-corrected chi connectivity index (χ4v) is 13.5. The number of hydrogen-bond donors (Lipinski definition) is 9. The van der Waals surface area contributed by atoms with Gasteiger partial charge in [-0.15, -0.1) is 11.6 Å². The third kappa shape index (κ3) is 25.9. The number of alkyl halides is 1. The van der Waals surface area contributed by atoms with Crippen LogP contribution >= 0.6 is 11.6 Å². The van der Waals surface area contributed by atoms with E-state index < -0.39 is 65.8 Å². The molecule has 3 atom stereocenters. The van der Waals surface area contributed by atoms with Gasteiger partial charge in [0.1, 0.15) is 41.5 Å². The molecule has 2 unspecified atom stereocenters. The molecule has 0 aliphatic carbocycles. The predicted molar refractivity (Wildman–Crippen MR) is 444 cm³/mol. The Kier molecular flexibility index (Phi) is 33.6. The number of fused-ring (bicyclic) bond motifs is 6. The zero-order valence-electron chi connectivity index (χ0n) is 66.8. The van der Waals surface area contributed by atoms with Gasteiger partial charge in [0, 0.05) is 124 Å². The zero-order valence-corrected chi connectivity index (χ0v) is 67.6. The lowest BCUT2D eigenvalue weighted by molar-refractivity contribution is -0.132. The second-order valence-corrected chi connectivity index (χ2v) is 28.8. The van der Waals surface area contributed by atoms with E-state index >= 15 is 0 Å². The molecule has 10 N–H and O–H groups in total. The molecule has 32 nitrogen and oxygen atoms in total. The number of aryl methyl sites for hydroxylation is 1. The molecule has 4 heterocycles. The van der Waals surface area contributed by atoms with E-state index in [1.807, 2.05) is 73.7 Å². The number of hydrogen-bond acceptors (Lipinski definition) is 20. The average Bonchev–Trinajstić information content (AvgIpc) is 1.60. The van der Waals surface area contributed by atoms with E-state index in [0.717, 1.165) is 33.2 Å². The lowest BCUT2D eigenvalue weighted by Crippen LogP contribution is -2.54. The summed E-state index contributed by atoms with van der Waals surface area (Å²) in [5.74, 6) is 2.98. The number of pyridine rings is 1. The van der Waals surface area contributed by atoms with Crippen LogP contribution in [0.3, 0.4) is 0 Å². The molecule has 0 spiro atoms. The highest BCUT2D eigenvalue weighted by atomic mass is 35.5. The number of carbonyl (C=O) groups excluding carboxylic acids is 10. The molecular weight excluding hydrogens is 1550 g/mol. The zero-order chi connectivity index (χ0) is 84.7. The van der Waals surface area contributed by atoms with Crippen molar-refractivity contribution in [2.75, 3.05) is 145 Å². The molecule has 6 aromatic carbocycles. The maximum atomic E-state index is 14.7. The van der Waals surface area contributed by atoms with Crippen molar-refractivity contribution < 1.29 is 91.3 Å². The number of carbonyl (C=O) groups is 10. The highest BCUT2D eigenvalue weighted by Gasteiger charge is 2.38. The molecule has 0 bridgehead atoms. The fourth-order valence-electron chi connectivity index (χ4n) is 13.2. The van der Waals surface area contributed by atoms with Crippen LogP contribution in [0.15, 0.2) is 146 Å². The Morgan fingerprint density at radius 2 is 1.34 bits per heavy atom. The number of rotatable bonds is 43. The molecule has 11 amide bonds. The lowest BCUT2D eigenvalue weighted by atomic mass is 9.92. The second kappa shape index (κ2) is 44.9. The molecule has 0 radical (unpaired) electrons. The minimum absolute atomic E-state index is 0.000770. The Morgan fingerprint density at radius 3 is 2.07 bits per heavy atom. The summed E-state index contributed by atoms with van der Waals surface area (Å²) in [6.07, 6.45) is 1.92. The van der Waals surface area contributed by atoms with Gasteiger partial charge in [-0.05, 0) is 120 Å². The normalized spacial score (nSPS) is 13.1. The topological polar surface area (TPSA) is 404 Å². The van der Waals surface area contributed by atoms with Gasteiger partial charge in [0.15, 0.2) is 0 Å². The molecule has 0 saturated heterocycles. The number of aromatic hydroxyl groups is 1. The number of nitrogens with zero attached hydrogens (tertiary/aromatic N) is 6. The number of urea groups is 1. The summed E-state index contributed by atoms with van der Waals surface area (Å²) < 4.78 is 41.4. The van der Waals surface area contributed by atoms with Gasteiger partial charge in [0.05, 0.1) is 96.3 Å². The van der Waals surface area contributed by atoms with Crippen molar-refractivity contribution in [1.29, 1.82) is 0 Å². The van der Waals surface area contributed by atoms with Gasteiger partial charge in [-0.1, -0.05) is 86.4 Å². The molecule has 33 heteroatoms. The van der Waals surface area contributed by atoms with Gasteiger partial charge in [-0.3, -0.25) is 33.6 Å². The van der Waals surface area contributed by atoms with Crippen LogP contribution in [-0.4, -0.2) is 226 Å². The number of anilines is 4. The first-order valence-corrected chi connectivity index (χ1v) is 39.8. The third-order valence-corrected chi connectivity index (χ3v) is 19.9. The van der Waals surface area contributed by atoms with Crippen LogP contribution in [0.5, 0.6) is 11.5 Å². The first-order chi connectivity index (χ1) is 57.5. The molecule has 119 heavy (non-hydrogen) atoms. The molecule has 0 saturated carbocycles. The minimum atomic E-state index is -1.13. The van der Waals surface area contributed by atoms with E-state index in [0.29, 0.717) is 58.1 Å². The second-order valence-electron chi connectivity index (χ2n) is 28.5. The highest BCUT2D eigenvalue weighted by molar-refractivity contribution is 6.19. The molecule has 8 aromatic rings. The Labute approximate surface area is 693 Å². The first kappa shape index (κ1) is 89.1. The maximum Gasteiger partial charge on any atom is 0.415 e. The molecule has 630 valence electrons. The Hall–Kier alpha value is -12.2. The van der Waals surface area contributed by atoms with E-state index in [4.69, 9.17) is 50.5 Å². The van der Waals surface area contributed by atoms with Crippen LogP contribution in [0, 0.1) is 24.7 Å². The van der Waals surface area contributed by atoms with Gasteiger partial charge in [0.25, 0.3) is 11.8 Å². The molecule has 2 aliphatic rings.